The molecule has 14 heavy (non-hydrogen) atoms. The summed E-state index contributed by atoms with van der Waals surface area (Å²) in [6, 6.07) is 9.67. The highest BCUT2D eigenvalue weighted by Crippen LogP contribution is 2.10. The largest absolute Gasteiger partial charge is 0.385 e. The van der Waals surface area contributed by atoms with Crippen LogP contribution in [-0.2, 0) is 0 Å². The molecule has 2 rings (SSSR count). The molecule has 1 aliphatic heterocycles. The quantitative estimate of drug-likeness (QED) is 0.747. The summed E-state index contributed by atoms with van der Waals surface area (Å²) in [5.41, 5.74) is 1.80. The van der Waals surface area contributed by atoms with Crippen LogP contribution < -0.4 is 10.6 Å². The maximum atomic E-state index is 8.62. The van der Waals surface area contributed by atoms with E-state index >= 15 is 0 Å². The Morgan fingerprint density at radius 3 is 2.57 bits per heavy atom. The van der Waals surface area contributed by atoms with Gasteiger partial charge in [0.05, 0.1) is 11.6 Å². The van der Waals surface area contributed by atoms with Gasteiger partial charge in [-0.1, -0.05) is 0 Å². The Hall–Kier alpha value is -1.53. The second-order valence-electron chi connectivity index (χ2n) is 3.59. The minimum atomic E-state index is 0.709. The minimum Gasteiger partial charge on any atom is -0.385 e. The number of nitrogens with one attached hydrogen (secondary N) is 2. The molecule has 0 bridgehead atoms. The number of hydrogen-bond acceptors (Lipinski definition) is 3. The van der Waals surface area contributed by atoms with Crippen molar-refractivity contribution in [2.24, 2.45) is 5.92 Å². The van der Waals surface area contributed by atoms with Crippen LogP contribution in [0.4, 0.5) is 5.69 Å². The van der Waals surface area contributed by atoms with Crippen molar-refractivity contribution >= 4 is 5.69 Å². The average Bonchev–Trinajstić information content (AvgIpc) is 2.16. The first-order valence-electron chi connectivity index (χ1n) is 4.83. The van der Waals surface area contributed by atoms with Crippen LogP contribution in [0.3, 0.4) is 0 Å². The van der Waals surface area contributed by atoms with E-state index in [0.717, 1.165) is 31.2 Å². The molecule has 3 heteroatoms. The first kappa shape index (κ1) is 9.04. The number of benzene rings is 1. The van der Waals surface area contributed by atoms with Crippen LogP contribution in [0.25, 0.3) is 0 Å². The van der Waals surface area contributed by atoms with Crippen molar-refractivity contribution in [3.8, 4) is 6.07 Å². The SMILES string of the molecule is N#Cc1ccc(NCC2CNC2)cc1. The first-order valence-corrected chi connectivity index (χ1v) is 4.83. The molecular formula is C11H13N3. The summed E-state index contributed by atoms with van der Waals surface area (Å²) in [5.74, 6) is 0.755. The molecule has 0 saturated carbocycles. The number of anilines is 1. The fraction of sp³-hybridized carbons (Fsp3) is 0.364. The van der Waals surface area contributed by atoms with Crippen molar-refractivity contribution in [3.63, 3.8) is 0 Å². The monoisotopic (exact) mass is 187 g/mol. The number of rotatable bonds is 3. The van der Waals surface area contributed by atoms with E-state index in [1.54, 1.807) is 0 Å². The first-order chi connectivity index (χ1) is 6.88. The van der Waals surface area contributed by atoms with Crippen LogP contribution in [-0.4, -0.2) is 19.6 Å². The van der Waals surface area contributed by atoms with Gasteiger partial charge < -0.3 is 10.6 Å². The van der Waals surface area contributed by atoms with E-state index in [0.29, 0.717) is 5.56 Å². The molecule has 72 valence electrons. The molecule has 1 saturated heterocycles. The van der Waals surface area contributed by atoms with E-state index in [-0.39, 0.29) is 0 Å². The summed E-state index contributed by atoms with van der Waals surface area (Å²) in [6.45, 7) is 3.24. The molecule has 0 amide bonds. The Kier molecular flexibility index (Phi) is 2.66. The van der Waals surface area contributed by atoms with E-state index in [1.807, 2.05) is 24.3 Å². The van der Waals surface area contributed by atoms with Crippen LogP contribution in [0.15, 0.2) is 24.3 Å². The highest BCUT2D eigenvalue weighted by molar-refractivity contribution is 5.47. The van der Waals surface area contributed by atoms with Crippen molar-refractivity contribution < 1.29 is 0 Å². The molecular weight excluding hydrogens is 174 g/mol. The normalized spacial score (nSPS) is 15.6. The van der Waals surface area contributed by atoms with Gasteiger partial charge in [0.1, 0.15) is 0 Å². The molecule has 0 aliphatic carbocycles. The van der Waals surface area contributed by atoms with Crippen LogP contribution in [0.5, 0.6) is 0 Å². The molecule has 1 aromatic carbocycles. The van der Waals surface area contributed by atoms with Gasteiger partial charge in [-0.25, -0.2) is 0 Å². The zero-order valence-corrected chi connectivity index (χ0v) is 7.96. The zero-order chi connectivity index (χ0) is 9.80. The second kappa shape index (κ2) is 4.12. The van der Waals surface area contributed by atoms with Gasteiger partial charge in [0.15, 0.2) is 0 Å². The molecule has 0 aromatic heterocycles. The van der Waals surface area contributed by atoms with Gasteiger partial charge in [-0.05, 0) is 24.3 Å². The van der Waals surface area contributed by atoms with Gasteiger partial charge in [0.25, 0.3) is 0 Å². The van der Waals surface area contributed by atoms with Crippen LogP contribution in [0.1, 0.15) is 5.56 Å². The molecule has 2 N–H and O–H groups in total. The van der Waals surface area contributed by atoms with Crippen molar-refractivity contribution in [2.75, 3.05) is 25.0 Å². The van der Waals surface area contributed by atoms with Gasteiger partial charge in [-0.2, -0.15) is 5.26 Å². The molecule has 1 aliphatic rings. The Morgan fingerprint density at radius 1 is 1.36 bits per heavy atom. The predicted molar refractivity (Wildman–Crippen MR) is 56.0 cm³/mol. The van der Waals surface area contributed by atoms with Gasteiger partial charge in [-0.3, -0.25) is 0 Å². The van der Waals surface area contributed by atoms with Crippen LogP contribution >= 0.6 is 0 Å². The highest BCUT2D eigenvalue weighted by Gasteiger charge is 2.15. The lowest BCUT2D eigenvalue weighted by Crippen LogP contribution is -2.45. The number of hydrogen-bond donors (Lipinski definition) is 2. The van der Waals surface area contributed by atoms with Crippen molar-refractivity contribution in [1.82, 2.24) is 5.32 Å². The topological polar surface area (TPSA) is 47.9 Å². The van der Waals surface area contributed by atoms with Gasteiger partial charge in [-0.15, -0.1) is 0 Å². The summed E-state index contributed by atoms with van der Waals surface area (Å²) in [5, 5.41) is 15.2. The van der Waals surface area contributed by atoms with Gasteiger partial charge in [0, 0.05) is 31.2 Å². The molecule has 1 heterocycles. The molecule has 0 atom stereocenters. The molecule has 0 unspecified atom stereocenters. The molecule has 1 fully saturated rings. The Balaban J connectivity index is 1.86. The fourth-order valence-electron chi connectivity index (χ4n) is 1.42. The Morgan fingerprint density at radius 2 is 2.07 bits per heavy atom. The zero-order valence-electron chi connectivity index (χ0n) is 7.96. The number of nitriles is 1. The molecule has 0 radical (unpaired) electrons. The van der Waals surface area contributed by atoms with Crippen LogP contribution in [0, 0.1) is 17.2 Å². The van der Waals surface area contributed by atoms with Crippen LogP contribution in [0.2, 0.25) is 0 Å². The van der Waals surface area contributed by atoms with Crippen molar-refractivity contribution in [3.05, 3.63) is 29.8 Å². The standard InChI is InChI=1S/C11H13N3/c12-5-9-1-3-11(4-2-9)14-8-10-6-13-7-10/h1-4,10,13-14H,6-8H2. The summed E-state index contributed by atoms with van der Waals surface area (Å²) in [7, 11) is 0. The summed E-state index contributed by atoms with van der Waals surface area (Å²) in [6.07, 6.45) is 0. The molecule has 1 aromatic rings. The fourth-order valence-corrected chi connectivity index (χ4v) is 1.42. The third kappa shape index (κ3) is 2.04. The van der Waals surface area contributed by atoms with E-state index in [9.17, 15) is 0 Å². The van der Waals surface area contributed by atoms with Crippen molar-refractivity contribution in [1.29, 1.82) is 5.26 Å². The third-order valence-corrected chi connectivity index (χ3v) is 2.47. The van der Waals surface area contributed by atoms with Crippen molar-refractivity contribution in [2.45, 2.75) is 0 Å². The predicted octanol–water partition coefficient (Wildman–Crippen LogP) is 1.19. The minimum absolute atomic E-state index is 0.709. The summed E-state index contributed by atoms with van der Waals surface area (Å²) in [4.78, 5) is 0. The van der Waals surface area contributed by atoms with E-state index in [1.165, 1.54) is 0 Å². The average molecular weight is 187 g/mol. The van der Waals surface area contributed by atoms with E-state index in [4.69, 9.17) is 5.26 Å². The highest BCUT2D eigenvalue weighted by atomic mass is 15.0. The Bertz CT molecular complexity index is 333. The van der Waals surface area contributed by atoms with E-state index < -0.39 is 0 Å². The van der Waals surface area contributed by atoms with Gasteiger partial charge >= 0.3 is 0 Å². The molecule has 3 nitrogen and oxygen atoms in total. The summed E-state index contributed by atoms with van der Waals surface area (Å²) < 4.78 is 0. The van der Waals surface area contributed by atoms with Gasteiger partial charge in [0.2, 0.25) is 0 Å². The number of nitrogens with zero attached hydrogens (tertiary/aromatic N) is 1. The third-order valence-electron chi connectivity index (χ3n) is 2.47. The maximum absolute atomic E-state index is 8.62. The smallest absolute Gasteiger partial charge is 0.0991 e. The second-order valence-corrected chi connectivity index (χ2v) is 3.59. The lowest BCUT2D eigenvalue weighted by atomic mass is 10.0. The maximum Gasteiger partial charge on any atom is 0.0991 e. The summed E-state index contributed by atoms with van der Waals surface area (Å²) >= 11 is 0. The molecule has 0 spiro atoms. The van der Waals surface area contributed by atoms with E-state index in [2.05, 4.69) is 16.7 Å². The lowest BCUT2D eigenvalue weighted by molar-refractivity contribution is 0.365. The lowest BCUT2D eigenvalue weighted by Gasteiger charge is -2.27. The Labute approximate surface area is 83.7 Å².